The van der Waals surface area contributed by atoms with Gasteiger partial charge in [0.15, 0.2) is 0 Å². The lowest BCUT2D eigenvalue weighted by molar-refractivity contribution is 0.687. The lowest BCUT2D eigenvalue weighted by atomic mass is 10.1. The summed E-state index contributed by atoms with van der Waals surface area (Å²) >= 11 is 3.61. The van der Waals surface area contributed by atoms with E-state index in [2.05, 4.69) is 66.2 Å². The molecule has 0 aliphatic carbocycles. The predicted octanol–water partition coefficient (Wildman–Crippen LogP) is 4.12. The van der Waals surface area contributed by atoms with Gasteiger partial charge < -0.3 is 0 Å². The van der Waals surface area contributed by atoms with Crippen LogP contribution in [-0.2, 0) is 0 Å². The number of benzene rings is 1. The van der Waals surface area contributed by atoms with Crippen molar-refractivity contribution in [1.29, 1.82) is 0 Å². The van der Waals surface area contributed by atoms with E-state index in [9.17, 15) is 0 Å². The summed E-state index contributed by atoms with van der Waals surface area (Å²) in [7, 11) is 0. The molecule has 0 N–H and O–H groups in total. The lowest BCUT2D eigenvalue weighted by Gasteiger charge is -2.07. The molecule has 1 heteroatoms. The second-order valence-electron chi connectivity index (χ2n) is 3.46. The van der Waals surface area contributed by atoms with E-state index in [0.29, 0.717) is 10.7 Å². The normalized spacial score (nSPS) is 13.8. The minimum Gasteiger partial charge on any atom is -0.0842 e. The summed E-state index contributed by atoms with van der Waals surface area (Å²) in [6.45, 7) is 4.41. The Morgan fingerprint density at radius 3 is 2.31 bits per heavy atom. The van der Waals surface area contributed by atoms with E-state index < -0.39 is 0 Å². The predicted molar refractivity (Wildman–Crippen MR) is 63.0 cm³/mol. The number of hydrogen-bond donors (Lipinski definition) is 0. The van der Waals surface area contributed by atoms with Crippen molar-refractivity contribution in [3.8, 4) is 0 Å². The molecule has 13 heavy (non-hydrogen) atoms. The highest BCUT2D eigenvalue weighted by atomic mass is 79.9. The second-order valence-corrected chi connectivity index (χ2v) is 4.52. The summed E-state index contributed by atoms with van der Waals surface area (Å²) in [6, 6.07) is 10.4. The monoisotopic (exact) mass is 238 g/mol. The molecule has 0 radical (unpaired) electrons. The Balaban J connectivity index is 2.59. The van der Waals surface area contributed by atoms with Gasteiger partial charge in [0.05, 0.1) is 0 Å². The molecule has 70 valence electrons. The van der Waals surface area contributed by atoms with Crippen molar-refractivity contribution in [1.82, 2.24) is 0 Å². The summed E-state index contributed by atoms with van der Waals surface area (Å²) in [6.07, 6.45) is 4.35. The van der Waals surface area contributed by atoms with E-state index in [1.54, 1.807) is 0 Å². The fourth-order valence-electron chi connectivity index (χ4n) is 0.989. The Kier molecular flexibility index (Phi) is 4.23. The van der Waals surface area contributed by atoms with E-state index >= 15 is 0 Å². The Bertz CT molecular complexity index is 262. The summed E-state index contributed by atoms with van der Waals surface area (Å²) in [5, 5.41) is 0. The maximum absolute atomic E-state index is 3.61. The molecule has 0 saturated heterocycles. The van der Waals surface area contributed by atoms with Crippen LogP contribution in [0.2, 0.25) is 0 Å². The molecule has 0 amide bonds. The third-order valence-corrected chi connectivity index (χ3v) is 3.27. The maximum atomic E-state index is 3.61. The van der Waals surface area contributed by atoms with Crippen molar-refractivity contribution in [3.63, 3.8) is 0 Å². The van der Waals surface area contributed by atoms with Gasteiger partial charge in [-0.1, -0.05) is 72.3 Å². The van der Waals surface area contributed by atoms with Gasteiger partial charge >= 0.3 is 0 Å². The second kappa shape index (κ2) is 5.23. The van der Waals surface area contributed by atoms with Crippen molar-refractivity contribution in [2.75, 3.05) is 0 Å². The van der Waals surface area contributed by atoms with Crippen LogP contribution in [-0.4, -0.2) is 4.83 Å². The van der Waals surface area contributed by atoms with Crippen molar-refractivity contribution in [3.05, 3.63) is 42.0 Å². The smallest absolute Gasteiger partial charge is 0.0351 e. The largest absolute Gasteiger partial charge is 0.0842 e. The number of hydrogen-bond acceptors (Lipinski definition) is 0. The van der Waals surface area contributed by atoms with Gasteiger partial charge in [-0.15, -0.1) is 0 Å². The summed E-state index contributed by atoms with van der Waals surface area (Å²) < 4.78 is 0. The number of alkyl halides is 1. The van der Waals surface area contributed by atoms with Crippen LogP contribution in [0, 0.1) is 5.92 Å². The Labute approximate surface area is 88.8 Å². The van der Waals surface area contributed by atoms with Gasteiger partial charge in [0.25, 0.3) is 0 Å². The molecule has 0 aliphatic heterocycles. The van der Waals surface area contributed by atoms with E-state index in [1.165, 1.54) is 5.56 Å². The van der Waals surface area contributed by atoms with Crippen LogP contribution in [0.25, 0.3) is 6.08 Å². The molecule has 0 aromatic heterocycles. The highest BCUT2D eigenvalue weighted by Gasteiger charge is 2.02. The molecule has 0 bridgehead atoms. The molecule has 1 aromatic rings. The zero-order valence-electron chi connectivity index (χ0n) is 8.07. The fourth-order valence-corrected chi connectivity index (χ4v) is 1.14. The van der Waals surface area contributed by atoms with E-state index in [4.69, 9.17) is 0 Å². The molecule has 1 rings (SSSR count). The van der Waals surface area contributed by atoms with Gasteiger partial charge in [0.2, 0.25) is 0 Å². The van der Waals surface area contributed by atoms with Crippen molar-refractivity contribution >= 4 is 22.0 Å². The van der Waals surface area contributed by atoms with Crippen LogP contribution in [0.4, 0.5) is 0 Å². The Morgan fingerprint density at radius 2 is 1.77 bits per heavy atom. The number of rotatable bonds is 3. The third-order valence-electron chi connectivity index (χ3n) is 1.91. The first-order valence-electron chi connectivity index (χ1n) is 4.57. The van der Waals surface area contributed by atoms with Crippen molar-refractivity contribution in [2.45, 2.75) is 18.7 Å². The molecule has 1 atom stereocenters. The van der Waals surface area contributed by atoms with E-state index in [1.807, 2.05) is 6.07 Å². The minimum absolute atomic E-state index is 0.465. The van der Waals surface area contributed by atoms with Crippen molar-refractivity contribution in [2.24, 2.45) is 5.92 Å². The average Bonchev–Trinajstić information content (AvgIpc) is 2.15. The molecule has 1 aromatic carbocycles. The van der Waals surface area contributed by atoms with Crippen LogP contribution in [0.15, 0.2) is 36.4 Å². The zero-order chi connectivity index (χ0) is 9.68. The molecular weight excluding hydrogens is 224 g/mol. The maximum Gasteiger partial charge on any atom is 0.0351 e. The first kappa shape index (κ1) is 10.5. The number of allylic oxidation sites excluding steroid dienone is 1. The third kappa shape index (κ3) is 3.77. The van der Waals surface area contributed by atoms with Crippen LogP contribution in [0.5, 0.6) is 0 Å². The average molecular weight is 239 g/mol. The van der Waals surface area contributed by atoms with E-state index in [-0.39, 0.29) is 0 Å². The summed E-state index contributed by atoms with van der Waals surface area (Å²) in [5.41, 5.74) is 1.26. The Morgan fingerprint density at radius 1 is 1.15 bits per heavy atom. The quantitative estimate of drug-likeness (QED) is 0.696. The topological polar surface area (TPSA) is 0 Å². The molecule has 0 heterocycles. The first-order chi connectivity index (χ1) is 6.20. The molecular formula is C12H15Br. The molecule has 0 saturated carbocycles. The standard InChI is InChI=1S/C12H15Br/c1-10(2)12(13)9-8-11-6-4-3-5-7-11/h3-10,12H,1-2H3/b9-8+. The Hall–Kier alpha value is -0.560. The lowest BCUT2D eigenvalue weighted by Crippen LogP contribution is -2.01. The summed E-state index contributed by atoms with van der Waals surface area (Å²) in [4.78, 5) is 0.465. The fraction of sp³-hybridized carbons (Fsp3) is 0.333. The minimum atomic E-state index is 0.465. The van der Waals surface area contributed by atoms with Crippen LogP contribution in [0.1, 0.15) is 19.4 Å². The van der Waals surface area contributed by atoms with Gasteiger partial charge in [0.1, 0.15) is 0 Å². The molecule has 0 spiro atoms. The van der Waals surface area contributed by atoms with Gasteiger partial charge in [-0.2, -0.15) is 0 Å². The molecule has 0 aliphatic rings. The van der Waals surface area contributed by atoms with Crippen molar-refractivity contribution < 1.29 is 0 Å². The SMILES string of the molecule is CC(C)C(Br)/C=C/c1ccccc1. The van der Waals surface area contributed by atoms with E-state index in [0.717, 1.165) is 0 Å². The first-order valence-corrected chi connectivity index (χ1v) is 5.49. The number of halogens is 1. The zero-order valence-corrected chi connectivity index (χ0v) is 9.66. The molecule has 1 unspecified atom stereocenters. The highest BCUT2D eigenvalue weighted by Crippen LogP contribution is 2.14. The van der Waals surface area contributed by atoms with Crippen LogP contribution >= 0.6 is 15.9 Å². The highest BCUT2D eigenvalue weighted by molar-refractivity contribution is 9.09. The van der Waals surface area contributed by atoms with Gasteiger partial charge in [0, 0.05) is 4.83 Å². The molecule has 0 nitrogen and oxygen atoms in total. The van der Waals surface area contributed by atoms with Crippen LogP contribution < -0.4 is 0 Å². The van der Waals surface area contributed by atoms with Gasteiger partial charge in [-0.3, -0.25) is 0 Å². The van der Waals surface area contributed by atoms with Crippen LogP contribution in [0.3, 0.4) is 0 Å². The van der Waals surface area contributed by atoms with Gasteiger partial charge in [-0.05, 0) is 11.5 Å². The molecule has 0 fully saturated rings. The summed E-state index contributed by atoms with van der Waals surface area (Å²) in [5.74, 6) is 0.639. The van der Waals surface area contributed by atoms with Gasteiger partial charge in [-0.25, -0.2) is 0 Å².